The number of likely N-dealkylation sites (tertiary alicyclic amines) is 1. The highest BCUT2D eigenvalue weighted by molar-refractivity contribution is 5.82. The lowest BCUT2D eigenvalue weighted by molar-refractivity contribution is -0.133. The third kappa shape index (κ3) is 3.46. The van der Waals surface area contributed by atoms with Gasteiger partial charge in [-0.15, -0.1) is 0 Å². The van der Waals surface area contributed by atoms with Gasteiger partial charge < -0.3 is 15.1 Å². The second-order valence-corrected chi connectivity index (χ2v) is 6.77. The highest BCUT2D eigenvalue weighted by Gasteiger charge is 2.28. The second-order valence-electron chi connectivity index (χ2n) is 6.77. The Morgan fingerprint density at radius 1 is 1.19 bits per heavy atom. The van der Waals surface area contributed by atoms with Crippen molar-refractivity contribution in [2.24, 2.45) is 5.73 Å². The summed E-state index contributed by atoms with van der Waals surface area (Å²) in [5.74, 6) is 1.91. The Labute approximate surface area is 152 Å². The number of rotatable bonds is 4. The summed E-state index contributed by atoms with van der Waals surface area (Å²) in [6, 6.07) is 11.0. The van der Waals surface area contributed by atoms with Gasteiger partial charge in [-0.1, -0.05) is 18.2 Å². The quantitative estimate of drug-likeness (QED) is 0.781. The summed E-state index contributed by atoms with van der Waals surface area (Å²) in [6.45, 7) is 1.38. The molecule has 6 heteroatoms. The van der Waals surface area contributed by atoms with Crippen molar-refractivity contribution in [2.45, 2.75) is 31.2 Å². The second kappa shape index (κ2) is 7.25. The van der Waals surface area contributed by atoms with Gasteiger partial charge in [-0.05, 0) is 31.0 Å². The van der Waals surface area contributed by atoms with Crippen LogP contribution >= 0.6 is 0 Å². The third-order valence-electron chi connectivity index (χ3n) is 4.97. The SMILES string of the molecule is NC(Cc1cc2ccccc2o1)C(=O)N1CCC(c2ncccn2)CC1. The van der Waals surface area contributed by atoms with E-state index in [1.807, 2.05) is 41.3 Å². The number of hydrogen-bond acceptors (Lipinski definition) is 5. The van der Waals surface area contributed by atoms with Crippen LogP contribution in [0.2, 0.25) is 0 Å². The van der Waals surface area contributed by atoms with E-state index in [9.17, 15) is 4.79 Å². The summed E-state index contributed by atoms with van der Waals surface area (Å²) >= 11 is 0. The summed E-state index contributed by atoms with van der Waals surface area (Å²) in [5, 5.41) is 1.03. The molecule has 1 unspecified atom stereocenters. The molecule has 0 spiro atoms. The van der Waals surface area contributed by atoms with Crippen LogP contribution in [0, 0.1) is 0 Å². The smallest absolute Gasteiger partial charge is 0.239 e. The molecule has 1 aliphatic heterocycles. The van der Waals surface area contributed by atoms with Crippen molar-refractivity contribution in [3.05, 3.63) is 60.4 Å². The molecule has 1 aromatic carbocycles. The van der Waals surface area contributed by atoms with Crippen molar-refractivity contribution in [3.8, 4) is 0 Å². The first-order chi connectivity index (χ1) is 12.7. The van der Waals surface area contributed by atoms with Crippen molar-refractivity contribution in [2.75, 3.05) is 13.1 Å². The fourth-order valence-electron chi connectivity index (χ4n) is 3.56. The number of para-hydroxylation sites is 1. The van der Waals surface area contributed by atoms with E-state index in [0.717, 1.165) is 35.4 Å². The van der Waals surface area contributed by atoms with Crippen LogP contribution in [0.1, 0.15) is 30.3 Å². The zero-order valence-corrected chi connectivity index (χ0v) is 14.5. The Morgan fingerprint density at radius 2 is 1.92 bits per heavy atom. The van der Waals surface area contributed by atoms with Crippen LogP contribution in [-0.4, -0.2) is 39.9 Å². The molecule has 6 nitrogen and oxygen atoms in total. The van der Waals surface area contributed by atoms with Crippen LogP contribution < -0.4 is 5.73 Å². The Kier molecular flexibility index (Phi) is 4.67. The van der Waals surface area contributed by atoms with Gasteiger partial charge in [-0.2, -0.15) is 0 Å². The summed E-state index contributed by atoms with van der Waals surface area (Å²) in [4.78, 5) is 23.2. The number of carbonyl (C=O) groups is 1. The third-order valence-corrected chi connectivity index (χ3v) is 4.97. The summed E-state index contributed by atoms with van der Waals surface area (Å²) in [6.07, 6.45) is 5.68. The Hall–Kier alpha value is -2.73. The molecule has 4 rings (SSSR count). The van der Waals surface area contributed by atoms with Crippen LogP contribution in [0.15, 0.2) is 53.2 Å². The van der Waals surface area contributed by atoms with Crippen molar-refractivity contribution < 1.29 is 9.21 Å². The first-order valence-corrected chi connectivity index (χ1v) is 8.99. The number of carbonyl (C=O) groups excluding carboxylic acids is 1. The highest BCUT2D eigenvalue weighted by Crippen LogP contribution is 2.26. The van der Waals surface area contributed by atoms with E-state index >= 15 is 0 Å². The van der Waals surface area contributed by atoms with E-state index in [1.54, 1.807) is 12.4 Å². The van der Waals surface area contributed by atoms with Crippen LogP contribution in [0.5, 0.6) is 0 Å². The number of hydrogen-bond donors (Lipinski definition) is 1. The van der Waals surface area contributed by atoms with Crippen molar-refractivity contribution >= 4 is 16.9 Å². The highest BCUT2D eigenvalue weighted by atomic mass is 16.3. The first kappa shape index (κ1) is 16.7. The van der Waals surface area contributed by atoms with Gasteiger partial charge in [0.25, 0.3) is 0 Å². The number of nitrogens with two attached hydrogens (primary N) is 1. The molecule has 2 N–H and O–H groups in total. The fraction of sp³-hybridized carbons (Fsp3) is 0.350. The van der Waals surface area contributed by atoms with Gasteiger partial charge in [0.15, 0.2) is 0 Å². The summed E-state index contributed by atoms with van der Waals surface area (Å²) in [5.41, 5.74) is 7.00. The Balaban J connectivity index is 1.35. The lowest BCUT2D eigenvalue weighted by atomic mass is 9.95. The minimum Gasteiger partial charge on any atom is -0.461 e. The van der Waals surface area contributed by atoms with Crippen molar-refractivity contribution in [3.63, 3.8) is 0 Å². The van der Waals surface area contributed by atoms with Crippen molar-refractivity contribution in [1.82, 2.24) is 14.9 Å². The predicted molar refractivity (Wildman–Crippen MR) is 98.5 cm³/mol. The number of piperidine rings is 1. The molecule has 1 fully saturated rings. The van der Waals surface area contributed by atoms with Gasteiger partial charge in [0.2, 0.25) is 5.91 Å². The topological polar surface area (TPSA) is 85.2 Å². The number of nitrogens with zero attached hydrogens (tertiary/aromatic N) is 3. The zero-order valence-electron chi connectivity index (χ0n) is 14.5. The molecule has 0 aliphatic carbocycles. The molecule has 1 atom stereocenters. The molecule has 3 heterocycles. The van der Waals surface area contributed by atoms with E-state index in [4.69, 9.17) is 10.2 Å². The first-order valence-electron chi connectivity index (χ1n) is 8.99. The Morgan fingerprint density at radius 3 is 2.65 bits per heavy atom. The minimum atomic E-state index is -0.583. The van der Waals surface area contributed by atoms with Crippen LogP contribution in [0.3, 0.4) is 0 Å². The lowest BCUT2D eigenvalue weighted by Gasteiger charge is -2.32. The maximum absolute atomic E-state index is 12.7. The molecule has 3 aromatic rings. The standard InChI is InChI=1S/C20H22N4O2/c21-17(13-16-12-15-4-1-2-5-18(15)26-16)20(25)24-10-6-14(7-11-24)19-22-8-3-9-23-19/h1-5,8-9,12,14,17H,6-7,10-11,13,21H2. The maximum atomic E-state index is 12.7. The molecule has 0 radical (unpaired) electrons. The molecule has 1 aliphatic rings. The van der Waals surface area contributed by atoms with Crippen LogP contribution in [0.4, 0.5) is 0 Å². The van der Waals surface area contributed by atoms with Gasteiger partial charge >= 0.3 is 0 Å². The zero-order chi connectivity index (χ0) is 17.9. The molecule has 0 saturated carbocycles. The Bertz CT molecular complexity index is 852. The molecular formula is C20H22N4O2. The number of fused-ring (bicyclic) bond motifs is 1. The predicted octanol–water partition coefficient (Wildman–Crippen LogP) is 2.50. The van der Waals surface area contributed by atoms with E-state index in [0.29, 0.717) is 25.4 Å². The molecule has 2 aromatic heterocycles. The van der Waals surface area contributed by atoms with Crippen molar-refractivity contribution in [1.29, 1.82) is 0 Å². The van der Waals surface area contributed by atoms with Gasteiger partial charge in [0, 0.05) is 43.2 Å². The van der Waals surface area contributed by atoms with E-state index < -0.39 is 6.04 Å². The van der Waals surface area contributed by atoms with Gasteiger partial charge in [0.1, 0.15) is 17.2 Å². The maximum Gasteiger partial charge on any atom is 0.239 e. The fourth-order valence-corrected chi connectivity index (χ4v) is 3.56. The van der Waals surface area contributed by atoms with Gasteiger partial charge in [-0.25, -0.2) is 9.97 Å². The average molecular weight is 350 g/mol. The number of amides is 1. The summed E-state index contributed by atoms with van der Waals surface area (Å²) < 4.78 is 5.78. The number of aromatic nitrogens is 2. The monoisotopic (exact) mass is 350 g/mol. The largest absolute Gasteiger partial charge is 0.461 e. The molecule has 1 amide bonds. The van der Waals surface area contributed by atoms with Gasteiger partial charge in [0.05, 0.1) is 6.04 Å². The minimum absolute atomic E-state index is 0.0158. The molecular weight excluding hydrogens is 328 g/mol. The number of furan rings is 1. The average Bonchev–Trinajstić information content (AvgIpc) is 3.10. The van der Waals surface area contributed by atoms with Crippen LogP contribution in [-0.2, 0) is 11.2 Å². The normalized spacial score (nSPS) is 16.7. The lowest BCUT2D eigenvalue weighted by Crippen LogP contribution is -2.47. The van der Waals surface area contributed by atoms with Crippen LogP contribution in [0.25, 0.3) is 11.0 Å². The van der Waals surface area contributed by atoms with Gasteiger partial charge in [-0.3, -0.25) is 4.79 Å². The molecule has 0 bridgehead atoms. The van der Waals surface area contributed by atoms with E-state index in [2.05, 4.69) is 9.97 Å². The molecule has 26 heavy (non-hydrogen) atoms. The van der Waals surface area contributed by atoms with E-state index in [-0.39, 0.29) is 5.91 Å². The number of benzene rings is 1. The summed E-state index contributed by atoms with van der Waals surface area (Å²) in [7, 11) is 0. The molecule has 1 saturated heterocycles. The molecule has 134 valence electrons. The van der Waals surface area contributed by atoms with E-state index in [1.165, 1.54) is 0 Å².